The van der Waals surface area contributed by atoms with Crippen molar-refractivity contribution in [2.24, 2.45) is 10.7 Å². The van der Waals surface area contributed by atoms with Gasteiger partial charge in [0, 0.05) is 52.6 Å². The zero-order chi connectivity index (χ0) is 23.4. The van der Waals surface area contributed by atoms with E-state index >= 15 is 0 Å². The molecule has 0 bridgehead atoms. The van der Waals surface area contributed by atoms with Gasteiger partial charge in [0.15, 0.2) is 0 Å². The average molecular weight is 443 g/mol. The largest absolute Gasteiger partial charge is 0.403 e. The fourth-order valence-corrected chi connectivity index (χ4v) is 3.54. The second kappa shape index (κ2) is 9.62. The summed E-state index contributed by atoms with van der Waals surface area (Å²) in [6.07, 6.45) is 4.93. The van der Waals surface area contributed by atoms with E-state index in [0.29, 0.717) is 31.3 Å². The maximum absolute atomic E-state index is 6.19. The maximum atomic E-state index is 6.19. The molecule has 4 N–H and O–H groups in total. The molecule has 176 valence electrons. The summed E-state index contributed by atoms with van der Waals surface area (Å²) in [5.74, 6) is 2.09. The van der Waals surface area contributed by atoms with Crippen LogP contribution in [0.4, 0.5) is 17.6 Å². The van der Waals surface area contributed by atoms with Crippen LogP contribution < -0.4 is 21.3 Å². The first-order valence-corrected chi connectivity index (χ1v) is 10.7. The summed E-state index contributed by atoms with van der Waals surface area (Å²) in [5.41, 5.74) is 7.76. The molecule has 1 atom stereocenters. The SMILES string of the molecule is CN=C/C(=C\N)Nc1ncc2c(n1)N(c1cccc(CNC)n1)C[C@@]2(C)COC(C)(C)C.[HH].[HH]. The second-order valence-electron chi connectivity index (χ2n) is 9.13. The third-order valence-corrected chi connectivity index (χ3v) is 5.14. The fourth-order valence-electron chi connectivity index (χ4n) is 3.54. The molecular weight excluding hydrogens is 404 g/mol. The van der Waals surface area contributed by atoms with Gasteiger partial charge in [0.05, 0.1) is 23.6 Å². The second-order valence-corrected chi connectivity index (χ2v) is 9.13. The number of nitrogens with one attached hydrogen (secondary N) is 2. The first-order chi connectivity index (χ1) is 15.2. The Kier molecular flexibility index (Phi) is 7.10. The lowest BCUT2D eigenvalue weighted by Gasteiger charge is -2.30. The lowest BCUT2D eigenvalue weighted by atomic mass is 9.87. The van der Waals surface area contributed by atoms with E-state index in [-0.39, 0.29) is 13.9 Å². The minimum Gasteiger partial charge on any atom is -0.403 e. The number of aromatic nitrogens is 3. The van der Waals surface area contributed by atoms with Crippen LogP contribution in [-0.2, 0) is 16.7 Å². The van der Waals surface area contributed by atoms with E-state index in [1.165, 1.54) is 6.20 Å². The quantitative estimate of drug-likeness (QED) is 0.534. The van der Waals surface area contributed by atoms with Crippen LogP contribution in [0.2, 0.25) is 0 Å². The Morgan fingerprint density at radius 3 is 2.81 bits per heavy atom. The standard InChI is InChI=1S/C23H34N8O.2H2/c1-22(2,3)32-15-23(4)14-31(19-9-7-8-16(28-19)11-25-5)20-18(23)13-27-21(30-20)29-17(10-24)12-26-6;;/h7-10,12-13,25H,11,14-15,24H2,1-6H3,(H,27,29,30);2*1H/b17-10+,26-12?;;/t23-;;/m0../s1. The Morgan fingerprint density at radius 2 is 2.16 bits per heavy atom. The van der Waals surface area contributed by atoms with E-state index < -0.39 is 0 Å². The number of anilines is 3. The van der Waals surface area contributed by atoms with Crippen molar-refractivity contribution in [2.75, 3.05) is 37.5 Å². The van der Waals surface area contributed by atoms with Crippen LogP contribution in [0, 0.1) is 0 Å². The molecular formula is C23H38N8O. The smallest absolute Gasteiger partial charge is 0.229 e. The van der Waals surface area contributed by atoms with Crippen molar-refractivity contribution >= 4 is 23.8 Å². The topological polar surface area (TPSA) is 114 Å². The van der Waals surface area contributed by atoms with Gasteiger partial charge in [-0.05, 0) is 40.0 Å². The van der Waals surface area contributed by atoms with E-state index in [1.807, 2.05) is 31.4 Å². The van der Waals surface area contributed by atoms with Gasteiger partial charge in [-0.25, -0.2) is 9.97 Å². The lowest BCUT2D eigenvalue weighted by Crippen LogP contribution is -2.37. The van der Waals surface area contributed by atoms with Crippen molar-refractivity contribution in [3.05, 3.63) is 47.6 Å². The molecule has 0 saturated heterocycles. The van der Waals surface area contributed by atoms with Crippen molar-refractivity contribution in [1.29, 1.82) is 0 Å². The molecule has 3 heterocycles. The zero-order valence-corrected chi connectivity index (χ0v) is 19.8. The van der Waals surface area contributed by atoms with Crippen LogP contribution in [0.15, 0.2) is 41.3 Å². The molecule has 1 aliphatic rings. The van der Waals surface area contributed by atoms with Gasteiger partial charge < -0.3 is 26.0 Å². The fraction of sp³-hybridized carbons (Fsp3) is 0.478. The van der Waals surface area contributed by atoms with Gasteiger partial charge >= 0.3 is 0 Å². The highest BCUT2D eigenvalue weighted by Crippen LogP contribution is 2.43. The number of aliphatic imine (C=N–C) groups is 1. The number of hydrogen-bond acceptors (Lipinski definition) is 9. The molecule has 9 heteroatoms. The first-order valence-electron chi connectivity index (χ1n) is 10.7. The van der Waals surface area contributed by atoms with Crippen molar-refractivity contribution in [1.82, 2.24) is 20.3 Å². The molecule has 0 aromatic carbocycles. The Morgan fingerprint density at radius 1 is 1.38 bits per heavy atom. The summed E-state index contributed by atoms with van der Waals surface area (Å²) in [4.78, 5) is 20.4. The van der Waals surface area contributed by atoms with Gasteiger partial charge in [0.2, 0.25) is 5.95 Å². The molecule has 32 heavy (non-hydrogen) atoms. The maximum Gasteiger partial charge on any atom is 0.229 e. The lowest BCUT2D eigenvalue weighted by molar-refractivity contribution is -0.0252. The van der Waals surface area contributed by atoms with E-state index in [9.17, 15) is 0 Å². The number of nitrogens with two attached hydrogens (primary N) is 1. The molecule has 3 rings (SSSR count). The Balaban J connectivity index is 0.00000289. The predicted molar refractivity (Wildman–Crippen MR) is 134 cm³/mol. The Labute approximate surface area is 193 Å². The van der Waals surface area contributed by atoms with Crippen LogP contribution in [0.3, 0.4) is 0 Å². The van der Waals surface area contributed by atoms with Crippen LogP contribution in [0.5, 0.6) is 0 Å². The van der Waals surface area contributed by atoms with Crippen LogP contribution in [0.25, 0.3) is 0 Å². The highest BCUT2D eigenvalue weighted by atomic mass is 16.5. The number of ether oxygens (including phenoxy) is 1. The number of pyridine rings is 1. The highest BCUT2D eigenvalue weighted by Gasteiger charge is 2.43. The van der Waals surface area contributed by atoms with E-state index in [1.54, 1.807) is 13.3 Å². The minimum absolute atomic E-state index is 0. The summed E-state index contributed by atoms with van der Waals surface area (Å²) >= 11 is 0. The molecule has 0 fully saturated rings. The molecule has 0 saturated carbocycles. The minimum atomic E-state index is -0.292. The van der Waals surface area contributed by atoms with E-state index in [4.69, 9.17) is 20.4 Å². The van der Waals surface area contributed by atoms with Gasteiger partial charge in [0.25, 0.3) is 0 Å². The molecule has 9 nitrogen and oxygen atoms in total. The molecule has 0 spiro atoms. The Hall–Kier alpha value is -3.04. The summed E-state index contributed by atoms with van der Waals surface area (Å²) in [5, 5.41) is 6.28. The van der Waals surface area contributed by atoms with Gasteiger partial charge in [-0.15, -0.1) is 0 Å². The third-order valence-electron chi connectivity index (χ3n) is 5.14. The van der Waals surface area contributed by atoms with Crippen molar-refractivity contribution < 1.29 is 7.59 Å². The van der Waals surface area contributed by atoms with Crippen LogP contribution >= 0.6 is 0 Å². The molecule has 2 aromatic rings. The molecule has 0 unspecified atom stereocenters. The third kappa shape index (κ3) is 5.41. The number of hydrogen-bond donors (Lipinski definition) is 3. The summed E-state index contributed by atoms with van der Waals surface area (Å²) in [6.45, 7) is 10.3. The normalized spacial score (nSPS) is 18.9. The van der Waals surface area contributed by atoms with Crippen molar-refractivity contribution in [3.8, 4) is 0 Å². The molecule has 2 aromatic heterocycles. The predicted octanol–water partition coefficient (Wildman–Crippen LogP) is 3.22. The first kappa shape index (κ1) is 23.6. The monoisotopic (exact) mass is 442 g/mol. The summed E-state index contributed by atoms with van der Waals surface area (Å²) < 4.78 is 6.19. The molecule has 0 amide bonds. The Bertz CT molecular complexity index is 1010. The van der Waals surface area contributed by atoms with Crippen LogP contribution in [-0.4, -0.2) is 54.0 Å². The van der Waals surface area contributed by atoms with E-state index in [2.05, 4.69) is 53.2 Å². The summed E-state index contributed by atoms with van der Waals surface area (Å²) in [7, 11) is 3.59. The molecule has 0 radical (unpaired) electrons. The average Bonchev–Trinajstić information content (AvgIpc) is 3.05. The van der Waals surface area contributed by atoms with Crippen molar-refractivity contribution in [2.45, 2.75) is 45.3 Å². The number of nitrogens with zero attached hydrogens (tertiary/aromatic N) is 5. The van der Waals surface area contributed by atoms with Crippen molar-refractivity contribution in [3.63, 3.8) is 0 Å². The van der Waals surface area contributed by atoms with Gasteiger partial charge in [0.1, 0.15) is 11.6 Å². The van der Waals surface area contributed by atoms with Gasteiger partial charge in [-0.2, -0.15) is 4.98 Å². The number of rotatable bonds is 8. The van der Waals surface area contributed by atoms with Crippen LogP contribution in [0.1, 0.15) is 41.8 Å². The molecule has 0 aliphatic carbocycles. The van der Waals surface area contributed by atoms with Gasteiger partial charge in [-0.1, -0.05) is 13.0 Å². The number of fused-ring (bicyclic) bond motifs is 1. The van der Waals surface area contributed by atoms with E-state index in [0.717, 1.165) is 22.9 Å². The highest BCUT2D eigenvalue weighted by molar-refractivity contribution is 5.82. The number of allylic oxidation sites excluding steroid dienone is 1. The summed E-state index contributed by atoms with van der Waals surface area (Å²) in [6, 6.07) is 6.03. The molecule has 1 aliphatic heterocycles. The zero-order valence-electron chi connectivity index (χ0n) is 19.8. The van der Waals surface area contributed by atoms with Gasteiger partial charge in [-0.3, -0.25) is 4.99 Å².